The van der Waals surface area contributed by atoms with Gasteiger partial charge in [0.15, 0.2) is 5.16 Å². The molecule has 0 amide bonds. The first kappa shape index (κ1) is 16.7. The summed E-state index contributed by atoms with van der Waals surface area (Å²) in [5.41, 5.74) is 1.77. The van der Waals surface area contributed by atoms with E-state index in [0.717, 1.165) is 11.1 Å². The number of aromatic nitrogens is 2. The molecule has 0 radical (unpaired) electrons. The van der Waals surface area contributed by atoms with Crippen molar-refractivity contribution in [2.75, 3.05) is 7.11 Å². The molecule has 5 nitrogen and oxygen atoms in total. The fraction of sp³-hybridized carbons (Fsp3) is 0.235. The van der Waals surface area contributed by atoms with E-state index in [-0.39, 0.29) is 11.5 Å². The largest absolute Gasteiger partial charge is 0.468 e. The van der Waals surface area contributed by atoms with Gasteiger partial charge < -0.3 is 4.74 Å². The molecular weight excluding hydrogens is 344 g/mol. The monoisotopic (exact) mass is 360 g/mol. The van der Waals surface area contributed by atoms with E-state index < -0.39 is 5.25 Å². The van der Waals surface area contributed by atoms with E-state index in [1.807, 2.05) is 35.7 Å². The Hall–Kier alpha value is -2.12. The van der Waals surface area contributed by atoms with Gasteiger partial charge >= 0.3 is 5.97 Å². The van der Waals surface area contributed by atoms with E-state index in [1.165, 1.54) is 34.8 Å². The van der Waals surface area contributed by atoms with Crippen LogP contribution in [0.1, 0.15) is 6.92 Å². The Morgan fingerprint density at radius 2 is 2.04 bits per heavy atom. The summed E-state index contributed by atoms with van der Waals surface area (Å²) in [6, 6.07) is 9.78. The van der Waals surface area contributed by atoms with Crippen LogP contribution < -0.4 is 5.56 Å². The molecule has 3 rings (SSSR count). The Labute approximate surface area is 147 Å². The smallest absolute Gasteiger partial charge is 0.318 e. The molecule has 0 spiro atoms. The first-order chi connectivity index (χ1) is 11.5. The Morgan fingerprint density at radius 1 is 1.33 bits per heavy atom. The van der Waals surface area contributed by atoms with Crippen LogP contribution in [0.15, 0.2) is 45.7 Å². The summed E-state index contributed by atoms with van der Waals surface area (Å²) in [4.78, 5) is 29.7. The van der Waals surface area contributed by atoms with Crippen molar-refractivity contribution in [3.05, 3.63) is 46.1 Å². The van der Waals surface area contributed by atoms with Crippen LogP contribution in [0, 0.1) is 0 Å². The van der Waals surface area contributed by atoms with Crippen molar-refractivity contribution >= 4 is 39.3 Å². The van der Waals surface area contributed by atoms with Crippen LogP contribution in [0.25, 0.3) is 21.3 Å². The highest BCUT2D eigenvalue weighted by molar-refractivity contribution is 8.00. The lowest BCUT2D eigenvalue weighted by Crippen LogP contribution is -2.22. The van der Waals surface area contributed by atoms with E-state index in [4.69, 9.17) is 4.74 Å². The molecule has 0 aliphatic carbocycles. The third kappa shape index (κ3) is 2.97. The van der Waals surface area contributed by atoms with Gasteiger partial charge in [0.05, 0.1) is 12.5 Å². The van der Waals surface area contributed by atoms with Crippen molar-refractivity contribution < 1.29 is 9.53 Å². The van der Waals surface area contributed by atoms with Crippen LogP contribution in [0.2, 0.25) is 0 Å². The van der Waals surface area contributed by atoms with Gasteiger partial charge in [-0.1, -0.05) is 42.1 Å². The number of hydrogen-bond acceptors (Lipinski definition) is 6. The lowest BCUT2D eigenvalue weighted by molar-refractivity contribution is -0.139. The molecule has 0 bridgehead atoms. The number of thiophene rings is 1. The Kier molecular flexibility index (Phi) is 4.73. The fourth-order valence-electron chi connectivity index (χ4n) is 2.36. The lowest BCUT2D eigenvalue weighted by atomic mass is 10.1. The molecule has 3 aromatic rings. The average Bonchev–Trinajstić information content (AvgIpc) is 3.03. The molecule has 0 aliphatic heterocycles. The van der Waals surface area contributed by atoms with Crippen molar-refractivity contribution in [2.24, 2.45) is 7.05 Å². The maximum Gasteiger partial charge on any atom is 0.318 e. The molecule has 1 atom stereocenters. The second kappa shape index (κ2) is 6.78. The minimum Gasteiger partial charge on any atom is -0.468 e. The molecule has 0 aliphatic rings. The van der Waals surface area contributed by atoms with Crippen molar-refractivity contribution in [3.8, 4) is 11.1 Å². The number of rotatable bonds is 4. The van der Waals surface area contributed by atoms with Crippen LogP contribution >= 0.6 is 23.1 Å². The van der Waals surface area contributed by atoms with Crippen molar-refractivity contribution in [3.63, 3.8) is 0 Å². The molecular formula is C17H16N2O3S2. The van der Waals surface area contributed by atoms with Crippen molar-refractivity contribution in [1.29, 1.82) is 0 Å². The zero-order valence-electron chi connectivity index (χ0n) is 13.5. The third-order valence-electron chi connectivity index (χ3n) is 3.67. The van der Waals surface area contributed by atoms with Crippen LogP contribution in [-0.2, 0) is 16.6 Å². The summed E-state index contributed by atoms with van der Waals surface area (Å²) in [6.07, 6.45) is 0. The summed E-state index contributed by atoms with van der Waals surface area (Å²) < 4.78 is 6.22. The highest BCUT2D eigenvalue weighted by Gasteiger charge is 2.20. The molecule has 0 saturated carbocycles. The van der Waals surface area contributed by atoms with E-state index in [0.29, 0.717) is 15.4 Å². The number of hydrogen-bond donors (Lipinski definition) is 0. The Morgan fingerprint density at radius 3 is 2.71 bits per heavy atom. The number of nitrogens with zero attached hydrogens (tertiary/aromatic N) is 2. The zero-order chi connectivity index (χ0) is 17.3. The van der Waals surface area contributed by atoms with Gasteiger partial charge in [-0.05, 0) is 12.5 Å². The minimum absolute atomic E-state index is 0.111. The number of esters is 1. The third-order valence-corrected chi connectivity index (χ3v) is 5.67. The van der Waals surface area contributed by atoms with Gasteiger partial charge in [-0.15, -0.1) is 11.3 Å². The maximum absolute atomic E-state index is 12.8. The number of benzene rings is 1. The number of methoxy groups -OCH3 is 1. The second-order valence-corrected chi connectivity index (χ2v) is 7.40. The molecule has 2 aromatic heterocycles. The molecule has 24 heavy (non-hydrogen) atoms. The number of carbonyl (C=O) groups excluding carboxylic acids is 1. The quantitative estimate of drug-likeness (QED) is 0.406. The van der Waals surface area contributed by atoms with Gasteiger partial charge in [0, 0.05) is 18.0 Å². The van der Waals surface area contributed by atoms with Gasteiger partial charge in [-0.3, -0.25) is 14.2 Å². The first-order valence-electron chi connectivity index (χ1n) is 7.31. The molecule has 0 unspecified atom stereocenters. The van der Waals surface area contributed by atoms with Gasteiger partial charge in [0.2, 0.25) is 0 Å². The lowest BCUT2D eigenvalue weighted by Gasteiger charge is -2.11. The highest BCUT2D eigenvalue weighted by atomic mass is 32.2. The van der Waals surface area contributed by atoms with Gasteiger partial charge in [-0.2, -0.15) is 0 Å². The Balaban J connectivity index is 2.10. The summed E-state index contributed by atoms with van der Waals surface area (Å²) >= 11 is 2.65. The van der Waals surface area contributed by atoms with Crippen molar-refractivity contribution in [1.82, 2.24) is 9.55 Å². The molecule has 2 heterocycles. The predicted octanol–water partition coefficient (Wildman–Crippen LogP) is 3.32. The minimum atomic E-state index is -0.431. The molecule has 1 aromatic carbocycles. The van der Waals surface area contributed by atoms with Crippen LogP contribution in [-0.4, -0.2) is 27.9 Å². The zero-order valence-corrected chi connectivity index (χ0v) is 15.1. The maximum atomic E-state index is 12.8. The number of ether oxygens (including phenoxy) is 1. The summed E-state index contributed by atoms with van der Waals surface area (Å²) in [5, 5.41) is 2.64. The second-order valence-electron chi connectivity index (χ2n) is 5.24. The number of carbonyl (C=O) groups is 1. The summed E-state index contributed by atoms with van der Waals surface area (Å²) in [6.45, 7) is 1.73. The van der Waals surface area contributed by atoms with E-state index >= 15 is 0 Å². The van der Waals surface area contributed by atoms with E-state index in [1.54, 1.807) is 14.0 Å². The Bertz CT molecular complexity index is 948. The molecule has 0 saturated heterocycles. The highest BCUT2D eigenvalue weighted by Crippen LogP contribution is 2.32. The first-order valence-corrected chi connectivity index (χ1v) is 9.07. The SMILES string of the molecule is COC(=O)[C@H](C)Sc1nc2scc(-c3ccccc3)c2c(=O)n1C. The van der Waals surface area contributed by atoms with Gasteiger partial charge in [0.25, 0.3) is 5.56 Å². The predicted molar refractivity (Wildman–Crippen MR) is 97.6 cm³/mol. The van der Waals surface area contributed by atoms with Crippen LogP contribution in [0.3, 0.4) is 0 Å². The molecule has 0 fully saturated rings. The van der Waals surface area contributed by atoms with Gasteiger partial charge in [0.1, 0.15) is 10.1 Å². The van der Waals surface area contributed by atoms with Gasteiger partial charge in [-0.25, -0.2) is 4.98 Å². The summed E-state index contributed by atoms with van der Waals surface area (Å²) in [5.74, 6) is -0.342. The fourth-order valence-corrected chi connectivity index (χ4v) is 4.25. The molecule has 124 valence electrons. The molecule has 0 N–H and O–H groups in total. The number of thioether (sulfide) groups is 1. The van der Waals surface area contributed by atoms with Crippen LogP contribution in [0.5, 0.6) is 0 Å². The average molecular weight is 360 g/mol. The summed E-state index contributed by atoms with van der Waals surface area (Å²) in [7, 11) is 3.02. The molecule has 7 heteroatoms. The van der Waals surface area contributed by atoms with Crippen molar-refractivity contribution in [2.45, 2.75) is 17.3 Å². The van der Waals surface area contributed by atoms with E-state index in [9.17, 15) is 9.59 Å². The van der Waals surface area contributed by atoms with E-state index in [2.05, 4.69) is 4.98 Å². The normalized spacial score (nSPS) is 12.3. The van der Waals surface area contributed by atoms with Crippen LogP contribution in [0.4, 0.5) is 0 Å². The standard InChI is InChI=1S/C17H16N2O3S2/c1-10(16(21)22-3)24-17-18-14-13(15(20)19(17)2)12(9-23-14)11-7-5-4-6-8-11/h4-10H,1-3H3/t10-/m0/s1. The topological polar surface area (TPSA) is 61.2 Å². The number of fused-ring (bicyclic) bond motifs is 1.